The average molecular weight is 373 g/mol. The summed E-state index contributed by atoms with van der Waals surface area (Å²) in [7, 11) is 0. The molecule has 0 saturated heterocycles. The number of hydrogen-bond donors (Lipinski definition) is 0. The van der Waals surface area contributed by atoms with Crippen LogP contribution in [-0.2, 0) is 21.4 Å². The molecule has 69 valence electrons. The van der Waals surface area contributed by atoms with E-state index in [0.717, 1.165) is 0 Å². The Bertz CT molecular complexity index is 160. The van der Waals surface area contributed by atoms with E-state index in [9.17, 15) is 0 Å². The smallest absolute Gasteiger partial charge is 1.00 e. The molecule has 0 N–H and O–H groups in total. The maximum Gasteiger partial charge on any atom is -1.00 e. The summed E-state index contributed by atoms with van der Waals surface area (Å²) in [6.45, 7) is 4.73. The van der Waals surface area contributed by atoms with Crippen molar-refractivity contribution < 1.29 is 46.3 Å². The molecular formula is C9H15Cl2Hf. The fourth-order valence-electron chi connectivity index (χ4n) is 1.41. The van der Waals surface area contributed by atoms with Crippen molar-refractivity contribution in [2.75, 3.05) is 0 Å². The SMILES string of the molecule is C[CH2][Hf+2]([CH2]C)[C]1=CC=CC1.[Cl-].[Cl-]. The molecule has 0 bridgehead atoms. The summed E-state index contributed by atoms with van der Waals surface area (Å²) in [6.07, 6.45) is 8.19. The number of rotatable bonds is 3. The van der Waals surface area contributed by atoms with E-state index in [1.54, 1.807) is 0 Å². The van der Waals surface area contributed by atoms with Crippen LogP contribution in [0.5, 0.6) is 0 Å². The largest absolute Gasteiger partial charge is 1.00 e. The first-order valence-electron chi connectivity index (χ1n) is 4.09. The molecule has 1 rings (SSSR count). The van der Waals surface area contributed by atoms with Gasteiger partial charge in [-0.25, -0.2) is 0 Å². The second kappa shape index (κ2) is 8.52. The Morgan fingerprint density at radius 2 is 1.83 bits per heavy atom. The van der Waals surface area contributed by atoms with Gasteiger partial charge in [-0.05, 0) is 0 Å². The van der Waals surface area contributed by atoms with Gasteiger partial charge in [0.25, 0.3) is 0 Å². The second-order valence-electron chi connectivity index (χ2n) is 2.63. The molecule has 3 heteroatoms. The minimum Gasteiger partial charge on any atom is -1.00 e. The molecule has 0 nitrogen and oxygen atoms in total. The minimum absolute atomic E-state index is 0. The molecule has 0 aliphatic heterocycles. The van der Waals surface area contributed by atoms with E-state index in [1.165, 1.54) is 14.8 Å². The zero-order chi connectivity index (χ0) is 7.40. The van der Waals surface area contributed by atoms with Crippen molar-refractivity contribution in [3.63, 3.8) is 0 Å². The van der Waals surface area contributed by atoms with E-state index in [0.29, 0.717) is 0 Å². The molecule has 0 aromatic carbocycles. The molecule has 0 fully saturated rings. The van der Waals surface area contributed by atoms with E-state index in [2.05, 4.69) is 32.1 Å². The molecule has 0 spiro atoms. The van der Waals surface area contributed by atoms with Crippen molar-refractivity contribution in [2.24, 2.45) is 0 Å². The fraction of sp³-hybridized carbons (Fsp3) is 0.556. The van der Waals surface area contributed by atoms with Gasteiger partial charge < -0.3 is 24.8 Å². The molecule has 1 aliphatic rings. The standard InChI is InChI=1S/C5H5.2C2H5.2ClH.Hf/c1-2-4-5-3-1;2*1-2;;;/h1-3H,4H2;2*1H2,2H3;2*1H;/q;;;;;+2/p-2. The second-order valence-corrected chi connectivity index (χ2v) is 14.4. The van der Waals surface area contributed by atoms with Crippen LogP contribution in [0.25, 0.3) is 0 Å². The summed E-state index contributed by atoms with van der Waals surface area (Å²) in [4.78, 5) is 0. The number of halogens is 2. The Morgan fingerprint density at radius 3 is 2.17 bits per heavy atom. The van der Waals surface area contributed by atoms with Gasteiger partial charge in [-0.1, -0.05) is 0 Å². The van der Waals surface area contributed by atoms with Crippen molar-refractivity contribution in [3.05, 3.63) is 21.6 Å². The maximum absolute atomic E-state index is 2.37. The predicted octanol–water partition coefficient (Wildman–Crippen LogP) is -2.67. The third kappa shape index (κ3) is 4.25. The molecular weight excluding hydrogens is 357 g/mol. The van der Waals surface area contributed by atoms with Gasteiger partial charge in [0.1, 0.15) is 0 Å². The van der Waals surface area contributed by atoms with E-state index in [1.807, 2.05) is 3.33 Å². The van der Waals surface area contributed by atoms with Gasteiger partial charge in [-0.2, -0.15) is 0 Å². The molecule has 0 saturated carbocycles. The summed E-state index contributed by atoms with van der Waals surface area (Å²) in [6, 6.07) is 0. The molecule has 0 unspecified atom stereocenters. The third-order valence-electron chi connectivity index (χ3n) is 2.08. The summed E-state index contributed by atoms with van der Waals surface area (Å²) in [5.41, 5.74) is 0. The molecule has 0 heterocycles. The predicted molar refractivity (Wildman–Crippen MR) is 42.8 cm³/mol. The van der Waals surface area contributed by atoms with Crippen LogP contribution >= 0.6 is 0 Å². The van der Waals surface area contributed by atoms with Crippen LogP contribution in [-0.4, -0.2) is 0 Å². The maximum atomic E-state index is 2.37. The molecule has 1 aliphatic carbocycles. The summed E-state index contributed by atoms with van der Waals surface area (Å²) >= 11 is -1.13. The van der Waals surface area contributed by atoms with Crippen LogP contribution in [0.2, 0.25) is 8.35 Å². The number of allylic oxidation sites excluding steroid dienone is 4. The van der Waals surface area contributed by atoms with Gasteiger partial charge in [0.15, 0.2) is 0 Å². The first kappa shape index (κ1) is 15.4. The average Bonchev–Trinajstić information content (AvgIpc) is 2.43. The molecule has 0 aromatic heterocycles. The van der Waals surface area contributed by atoms with Crippen LogP contribution in [0.1, 0.15) is 20.3 Å². The first-order chi connectivity index (χ1) is 4.88. The Hall–Kier alpha value is 0.930. The molecule has 12 heavy (non-hydrogen) atoms. The minimum atomic E-state index is -1.13. The van der Waals surface area contributed by atoms with Crippen LogP contribution in [0.3, 0.4) is 0 Å². The van der Waals surface area contributed by atoms with E-state index in [4.69, 9.17) is 0 Å². The fourth-order valence-corrected chi connectivity index (χ4v) is 9.13. The van der Waals surface area contributed by atoms with Crippen LogP contribution < -0.4 is 24.8 Å². The Balaban J connectivity index is 0. The van der Waals surface area contributed by atoms with Gasteiger partial charge >= 0.3 is 71.6 Å². The van der Waals surface area contributed by atoms with Gasteiger partial charge in [-0.15, -0.1) is 0 Å². The third-order valence-corrected chi connectivity index (χ3v) is 12.8. The van der Waals surface area contributed by atoms with E-state index < -0.39 is 21.4 Å². The van der Waals surface area contributed by atoms with Gasteiger partial charge in [0.2, 0.25) is 0 Å². The Labute approximate surface area is 95.9 Å². The van der Waals surface area contributed by atoms with Crippen LogP contribution in [0, 0.1) is 0 Å². The van der Waals surface area contributed by atoms with Crippen LogP contribution in [0.4, 0.5) is 0 Å². The van der Waals surface area contributed by atoms with Crippen LogP contribution in [0.15, 0.2) is 21.6 Å². The summed E-state index contributed by atoms with van der Waals surface area (Å²) < 4.78 is 4.86. The monoisotopic (exact) mass is 373 g/mol. The molecule has 0 radical (unpaired) electrons. The van der Waals surface area contributed by atoms with Crippen molar-refractivity contribution in [1.29, 1.82) is 0 Å². The summed E-state index contributed by atoms with van der Waals surface area (Å²) in [5, 5.41) is 0. The number of hydrogen-bond acceptors (Lipinski definition) is 0. The van der Waals surface area contributed by atoms with E-state index >= 15 is 0 Å². The van der Waals surface area contributed by atoms with Crippen molar-refractivity contribution in [1.82, 2.24) is 0 Å². The van der Waals surface area contributed by atoms with E-state index in [-0.39, 0.29) is 24.8 Å². The first-order valence-corrected chi connectivity index (χ1v) is 11.0. The van der Waals surface area contributed by atoms with Gasteiger partial charge in [0, 0.05) is 0 Å². The topological polar surface area (TPSA) is 0 Å². The van der Waals surface area contributed by atoms with Crippen molar-refractivity contribution in [2.45, 2.75) is 28.6 Å². The zero-order valence-corrected chi connectivity index (χ0v) is 12.7. The molecule has 0 amide bonds. The molecule has 0 atom stereocenters. The zero-order valence-electron chi connectivity index (χ0n) is 7.61. The van der Waals surface area contributed by atoms with Crippen molar-refractivity contribution in [3.8, 4) is 0 Å². The van der Waals surface area contributed by atoms with Crippen molar-refractivity contribution >= 4 is 0 Å². The van der Waals surface area contributed by atoms with Gasteiger partial charge in [-0.3, -0.25) is 0 Å². The Morgan fingerprint density at radius 1 is 1.25 bits per heavy atom. The van der Waals surface area contributed by atoms with Gasteiger partial charge in [0.05, 0.1) is 0 Å². The molecule has 0 aromatic rings. The quantitative estimate of drug-likeness (QED) is 0.474. The summed E-state index contributed by atoms with van der Waals surface area (Å²) in [5.74, 6) is 0. The normalized spacial score (nSPS) is 13.0. The Kier molecular flexibility index (Phi) is 10.9.